The summed E-state index contributed by atoms with van der Waals surface area (Å²) in [6.45, 7) is 3.28. The van der Waals surface area contributed by atoms with Crippen LogP contribution in [0.25, 0.3) is 5.65 Å². The molecule has 1 saturated carbocycles. The molecule has 3 nitrogen and oxygen atoms in total. The monoisotopic (exact) mass is 263 g/mol. The van der Waals surface area contributed by atoms with Gasteiger partial charge in [-0.05, 0) is 31.4 Å². The first-order valence-corrected chi connectivity index (χ1v) is 7.17. The lowest BCUT2D eigenvalue weighted by atomic mass is 10.3. The van der Waals surface area contributed by atoms with Crippen LogP contribution in [0.1, 0.15) is 31.9 Å². The highest BCUT2D eigenvalue weighted by Gasteiger charge is 2.31. The number of alkyl halides is 1. The van der Waals surface area contributed by atoms with E-state index in [1.165, 1.54) is 12.8 Å². The van der Waals surface area contributed by atoms with Gasteiger partial charge in [0.15, 0.2) is 5.82 Å². The summed E-state index contributed by atoms with van der Waals surface area (Å²) in [6, 6.07) is 6.76. The number of aromatic nitrogens is 2. The fraction of sp³-hybridized carbons (Fsp3) is 0.500. The molecule has 4 heteroatoms. The predicted molar refractivity (Wildman–Crippen MR) is 75.4 cm³/mol. The molecule has 3 rings (SSSR count). The third kappa shape index (κ3) is 1.97. The van der Waals surface area contributed by atoms with Gasteiger partial charge in [-0.15, -0.1) is 11.6 Å². The molecule has 0 saturated heterocycles. The molecule has 0 bridgehead atoms. The van der Waals surface area contributed by atoms with Crippen molar-refractivity contribution >= 4 is 23.1 Å². The van der Waals surface area contributed by atoms with E-state index in [-0.39, 0.29) is 0 Å². The Hall–Kier alpha value is -1.22. The number of halogens is 1. The first kappa shape index (κ1) is 11.8. The minimum absolute atomic E-state index is 0.507. The molecule has 0 N–H and O–H groups in total. The Balaban J connectivity index is 2.08. The average molecular weight is 264 g/mol. The number of anilines is 1. The van der Waals surface area contributed by atoms with E-state index in [4.69, 9.17) is 16.6 Å². The Kier molecular flexibility index (Phi) is 3.16. The summed E-state index contributed by atoms with van der Waals surface area (Å²) in [7, 11) is 0. The van der Waals surface area contributed by atoms with E-state index < -0.39 is 0 Å². The third-order valence-electron chi connectivity index (χ3n) is 3.46. The first-order valence-electron chi connectivity index (χ1n) is 6.63. The van der Waals surface area contributed by atoms with Crippen molar-refractivity contribution in [1.82, 2.24) is 9.38 Å². The van der Waals surface area contributed by atoms with E-state index in [2.05, 4.69) is 16.2 Å². The second kappa shape index (κ2) is 4.81. The molecule has 1 fully saturated rings. The molecule has 1 aliphatic rings. The van der Waals surface area contributed by atoms with Crippen LogP contribution in [0, 0.1) is 0 Å². The standard InChI is InChI=1S/C14H18ClN3/c1-2-8-17(11-6-7-11)14-12(10-15)18-9-4-3-5-13(18)16-14/h3-5,9,11H,2,6-8,10H2,1H3. The number of nitrogens with zero attached hydrogens (tertiary/aromatic N) is 3. The zero-order valence-electron chi connectivity index (χ0n) is 10.6. The molecule has 2 aromatic heterocycles. The minimum atomic E-state index is 0.507. The molecule has 0 spiro atoms. The zero-order chi connectivity index (χ0) is 12.5. The zero-order valence-corrected chi connectivity index (χ0v) is 11.4. The Morgan fingerprint density at radius 2 is 2.28 bits per heavy atom. The van der Waals surface area contributed by atoms with Crippen molar-refractivity contribution in [3.05, 3.63) is 30.1 Å². The fourth-order valence-electron chi connectivity index (χ4n) is 2.48. The molecule has 1 aliphatic carbocycles. The van der Waals surface area contributed by atoms with Crippen LogP contribution in [-0.4, -0.2) is 22.0 Å². The molecule has 96 valence electrons. The molecular formula is C14H18ClN3. The summed E-state index contributed by atoms with van der Waals surface area (Å²) >= 11 is 6.13. The normalized spacial score (nSPS) is 15.2. The molecule has 0 radical (unpaired) electrons. The van der Waals surface area contributed by atoms with Crippen LogP contribution in [0.2, 0.25) is 0 Å². The number of rotatable bonds is 5. The summed E-state index contributed by atoms with van der Waals surface area (Å²) in [6.07, 6.45) is 5.76. The molecule has 18 heavy (non-hydrogen) atoms. The molecule has 0 amide bonds. The Labute approximate surface area is 112 Å². The maximum atomic E-state index is 6.13. The van der Waals surface area contributed by atoms with Crippen LogP contribution in [0.5, 0.6) is 0 Å². The summed E-state index contributed by atoms with van der Waals surface area (Å²) in [5, 5.41) is 0. The topological polar surface area (TPSA) is 20.5 Å². The first-order chi connectivity index (χ1) is 8.85. The van der Waals surface area contributed by atoms with Crippen molar-refractivity contribution in [2.75, 3.05) is 11.4 Å². The van der Waals surface area contributed by atoms with Gasteiger partial charge in [-0.2, -0.15) is 0 Å². The SMILES string of the molecule is CCCN(c1nc2ccccn2c1CCl)C1CC1. The van der Waals surface area contributed by atoms with Crippen LogP contribution >= 0.6 is 11.6 Å². The number of pyridine rings is 1. The lowest BCUT2D eigenvalue weighted by Crippen LogP contribution is -2.27. The molecule has 0 aliphatic heterocycles. The van der Waals surface area contributed by atoms with E-state index in [9.17, 15) is 0 Å². The van der Waals surface area contributed by atoms with Crippen molar-refractivity contribution in [1.29, 1.82) is 0 Å². The highest BCUT2D eigenvalue weighted by molar-refractivity contribution is 6.17. The van der Waals surface area contributed by atoms with E-state index in [0.29, 0.717) is 11.9 Å². The van der Waals surface area contributed by atoms with Gasteiger partial charge < -0.3 is 9.30 Å². The smallest absolute Gasteiger partial charge is 0.152 e. The van der Waals surface area contributed by atoms with Gasteiger partial charge in [0.05, 0.1) is 11.6 Å². The van der Waals surface area contributed by atoms with Gasteiger partial charge in [0.1, 0.15) is 5.65 Å². The van der Waals surface area contributed by atoms with Crippen molar-refractivity contribution in [3.8, 4) is 0 Å². The molecule has 2 aromatic rings. The number of hydrogen-bond donors (Lipinski definition) is 0. The van der Waals surface area contributed by atoms with Gasteiger partial charge in [0, 0.05) is 18.8 Å². The van der Waals surface area contributed by atoms with Gasteiger partial charge >= 0.3 is 0 Å². The highest BCUT2D eigenvalue weighted by atomic mass is 35.5. The number of imidazole rings is 1. The van der Waals surface area contributed by atoms with Gasteiger partial charge in [0.2, 0.25) is 0 Å². The van der Waals surface area contributed by atoms with Crippen molar-refractivity contribution in [2.24, 2.45) is 0 Å². The van der Waals surface area contributed by atoms with Crippen LogP contribution in [0.3, 0.4) is 0 Å². The van der Waals surface area contributed by atoms with E-state index in [1.54, 1.807) is 0 Å². The van der Waals surface area contributed by atoms with E-state index in [1.807, 2.05) is 24.4 Å². The molecule has 0 unspecified atom stereocenters. The lowest BCUT2D eigenvalue weighted by molar-refractivity contribution is 0.749. The maximum absolute atomic E-state index is 6.13. The lowest BCUT2D eigenvalue weighted by Gasteiger charge is -2.22. The average Bonchev–Trinajstić information content (AvgIpc) is 3.16. The Morgan fingerprint density at radius 1 is 1.44 bits per heavy atom. The largest absolute Gasteiger partial charge is 0.352 e. The molecule has 0 aromatic carbocycles. The second-order valence-electron chi connectivity index (χ2n) is 4.87. The van der Waals surface area contributed by atoms with E-state index >= 15 is 0 Å². The predicted octanol–water partition coefficient (Wildman–Crippen LogP) is 3.45. The maximum Gasteiger partial charge on any atom is 0.152 e. The van der Waals surface area contributed by atoms with E-state index in [0.717, 1.165) is 30.1 Å². The Morgan fingerprint density at radius 3 is 2.94 bits per heavy atom. The quantitative estimate of drug-likeness (QED) is 0.770. The van der Waals surface area contributed by atoms with Crippen LogP contribution in [-0.2, 0) is 5.88 Å². The number of fused-ring (bicyclic) bond motifs is 1. The Bertz CT molecular complexity index is 545. The minimum Gasteiger partial charge on any atom is -0.352 e. The summed E-state index contributed by atoms with van der Waals surface area (Å²) in [5.41, 5.74) is 2.11. The van der Waals surface area contributed by atoms with Crippen molar-refractivity contribution in [3.63, 3.8) is 0 Å². The van der Waals surface area contributed by atoms with Gasteiger partial charge in [0.25, 0.3) is 0 Å². The van der Waals surface area contributed by atoms with Crippen LogP contribution in [0.15, 0.2) is 24.4 Å². The van der Waals surface area contributed by atoms with Crippen molar-refractivity contribution in [2.45, 2.75) is 38.1 Å². The summed E-state index contributed by atoms with van der Waals surface area (Å²) < 4.78 is 2.10. The van der Waals surface area contributed by atoms with Crippen molar-refractivity contribution < 1.29 is 0 Å². The fourth-order valence-corrected chi connectivity index (χ4v) is 2.73. The molecule has 0 atom stereocenters. The molecular weight excluding hydrogens is 246 g/mol. The second-order valence-corrected chi connectivity index (χ2v) is 5.14. The highest BCUT2D eigenvalue weighted by Crippen LogP contribution is 2.34. The summed E-state index contributed by atoms with van der Waals surface area (Å²) in [5.74, 6) is 1.59. The summed E-state index contributed by atoms with van der Waals surface area (Å²) in [4.78, 5) is 7.20. The number of hydrogen-bond acceptors (Lipinski definition) is 2. The third-order valence-corrected chi connectivity index (χ3v) is 3.71. The van der Waals surface area contributed by atoms with Gasteiger partial charge in [-0.1, -0.05) is 13.0 Å². The van der Waals surface area contributed by atoms with Gasteiger partial charge in [-0.25, -0.2) is 4.98 Å². The van der Waals surface area contributed by atoms with Crippen LogP contribution < -0.4 is 4.90 Å². The molecule has 2 heterocycles. The van der Waals surface area contributed by atoms with Crippen LogP contribution in [0.4, 0.5) is 5.82 Å². The van der Waals surface area contributed by atoms with Gasteiger partial charge in [-0.3, -0.25) is 0 Å².